The van der Waals surface area contributed by atoms with Crippen molar-refractivity contribution in [2.75, 3.05) is 13.2 Å². The molecule has 220 valence electrons. The van der Waals surface area contributed by atoms with E-state index in [1.165, 1.54) is 0 Å². The lowest BCUT2D eigenvalue weighted by molar-refractivity contribution is -0.304. The largest absolute Gasteiger partial charge is 0.481 e. The van der Waals surface area contributed by atoms with E-state index in [1.807, 2.05) is 50.3 Å². The van der Waals surface area contributed by atoms with Crippen LogP contribution >= 0.6 is 0 Å². The third-order valence-electron chi connectivity index (χ3n) is 9.11. The molecule has 2 amide bonds. The van der Waals surface area contributed by atoms with Gasteiger partial charge in [-0.1, -0.05) is 82.0 Å². The van der Waals surface area contributed by atoms with Gasteiger partial charge in [0.1, 0.15) is 6.10 Å². The highest BCUT2D eigenvalue weighted by atomic mass is 16.7. The van der Waals surface area contributed by atoms with E-state index < -0.39 is 40.1 Å². The SMILES string of the molecule is CC1(C)OCC(C)(C)C(C(=O)NCC(C(=O)O)C2(NC(=O)C3(C/C=C/c4ccccc4)CCC3)CCCCC2)O1. The third kappa shape index (κ3) is 6.77. The summed E-state index contributed by atoms with van der Waals surface area (Å²) in [5, 5.41) is 16.5. The molecule has 2 atom stereocenters. The van der Waals surface area contributed by atoms with Crippen molar-refractivity contribution < 1.29 is 29.0 Å². The van der Waals surface area contributed by atoms with Crippen LogP contribution in [0.5, 0.6) is 0 Å². The van der Waals surface area contributed by atoms with Crippen LogP contribution in [0.15, 0.2) is 36.4 Å². The van der Waals surface area contributed by atoms with Crippen LogP contribution in [0.3, 0.4) is 0 Å². The number of nitrogens with one attached hydrogen (secondary N) is 2. The summed E-state index contributed by atoms with van der Waals surface area (Å²) in [5.41, 5.74) is -0.916. The summed E-state index contributed by atoms with van der Waals surface area (Å²) in [6.07, 6.45) is 10.3. The first-order valence-electron chi connectivity index (χ1n) is 14.7. The van der Waals surface area contributed by atoms with E-state index in [0.29, 0.717) is 25.9 Å². The molecule has 1 aromatic carbocycles. The lowest BCUT2D eigenvalue weighted by atomic mass is 9.64. The van der Waals surface area contributed by atoms with Crippen molar-refractivity contribution in [1.82, 2.24) is 10.6 Å². The van der Waals surface area contributed by atoms with Crippen LogP contribution in [0, 0.1) is 16.7 Å². The van der Waals surface area contributed by atoms with Crippen molar-refractivity contribution in [2.45, 2.75) is 103 Å². The Balaban J connectivity index is 1.48. The first-order chi connectivity index (χ1) is 18.9. The number of carboxylic acid groups (broad SMARTS) is 1. The van der Waals surface area contributed by atoms with Crippen molar-refractivity contribution >= 4 is 23.9 Å². The molecule has 0 radical (unpaired) electrons. The molecule has 3 aliphatic rings. The first kappa shape index (κ1) is 30.3. The highest BCUT2D eigenvalue weighted by Crippen LogP contribution is 2.46. The van der Waals surface area contributed by atoms with Gasteiger partial charge in [-0.05, 0) is 51.5 Å². The molecule has 8 nitrogen and oxygen atoms in total. The fourth-order valence-electron chi connectivity index (χ4n) is 6.35. The molecule has 2 unspecified atom stereocenters. The van der Waals surface area contributed by atoms with E-state index in [4.69, 9.17) is 9.47 Å². The zero-order valence-corrected chi connectivity index (χ0v) is 24.5. The molecule has 1 saturated heterocycles. The smallest absolute Gasteiger partial charge is 0.310 e. The molecule has 3 N–H and O–H groups in total. The monoisotopic (exact) mass is 554 g/mol. The molecule has 1 aromatic rings. The molecule has 1 aliphatic heterocycles. The van der Waals surface area contributed by atoms with Gasteiger partial charge >= 0.3 is 5.97 Å². The number of amides is 2. The van der Waals surface area contributed by atoms with Gasteiger partial charge < -0.3 is 25.2 Å². The number of rotatable bonds is 10. The second kappa shape index (κ2) is 12.0. The quantitative estimate of drug-likeness (QED) is 0.372. The molecule has 40 heavy (non-hydrogen) atoms. The second-order valence-corrected chi connectivity index (χ2v) is 13.1. The third-order valence-corrected chi connectivity index (χ3v) is 9.11. The van der Waals surface area contributed by atoms with Crippen LogP contribution in [-0.4, -0.2) is 53.5 Å². The molecule has 4 rings (SSSR count). The van der Waals surface area contributed by atoms with E-state index >= 15 is 0 Å². The van der Waals surface area contributed by atoms with Crippen molar-refractivity contribution in [3.63, 3.8) is 0 Å². The number of ether oxygens (including phenoxy) is 2. The van der Waals surface area contributed by atoms with Gasteiger partial charge in [-0.3, -0.25) is 14.4 Å². The lowest BCUT2D eigenvalue weighted by Crippen LogP contribution is -2.63. The zero-order chi connectivity index (χ0) is 29.0. The van der Waals surface area contributed by atoms with E-state index in [-0.39, 0.29) is 18.4 Å². The van der Waals surface area contributed by atoms with Crippen LogP contribution in [0.1, 0.15) is 91.0 Å². The minimum absolute atomic E-state index is 0.0633. The molecule has 1 heterocycles. The van der Waals surface area contributed by atoms with E-state index in [1.54, 1.807) is 13.8 Å². The summed E-state index contributed by atoms with van der Waals surface area (Å²) in [6, 6.07) is 10.0. The number of benzene rings is 1. The van der Waals surface area contributed by atoms with E-state index in [9.17, 15) is 19.5 Å². The number of carboxylic acids is 1. The van der Waals surface area contributed by atoms with Gasteiger partial charge in [-0.2, -0.15) is 0 Å². The fourth-order valence-corrected chi connectivity index (χ4v) is 6.35. The second-order valence-electron chi connectivity index (χ2n) is 13.1. The Kier molecular flexibility index (Phi) is 9.10. The van der Waals surface area contributed by atoms with Gasteiger partial charge in [0.2, 0.25) is 11.8 Å². The molecule has 8 heteroatoms. The van der Waals surface area contributed by atoms with Crippen molar-refractivity contribution in [3.05, 3.63) is 42.0 Å². The lowest BCUT2D eigenvalue weighted by Gasteiger charge is -2.48. The Hall–Kier alpha value is -2.71. The Bertz CT molecular complexity index is 1090. The summed E-state index contributed by atoms with van der Waals surface area (Å²) >= 11 is 0. The number of hydrogen-bond donors (Lipinski definition) is 3. The molecule has 0 aromatic heterocycles. The van der Waals surface area contributed by atoms with E-state index in [0.717, 1.165) is 44.1 Å². The number of allylic oxidation sites excluding steroid dienone is 1. The van der Waals surface area contributed by atoms with Crippen LogP contribution in [0.25, 0.3) is 6.08 Å². The number of hydrogen-bond acceptors (Lipinski definition) is 5. The van der Waals surface area contributed by atoms with Crippen molar-refractivity contribution in [2.24, 2.45) is 16.7 Å². The Labute approximate surface area is 238 Å². The van der Waals surface area contributed by atoms with Gasteiger partial charge in [-0.25, -0.2) is 0 Å². The zero-order valence-electron chi connectivity index (χ0n) is 24.5. The summed E-state index contributed by atoms with van der Waals surface area (Å²) < 4.78 is 11.7. The van der Waals surface area contributed by atoms with Crippen LogP contribution in [-0.2, 0) is 23.9 Å². The fraction of sp³-hybridized carbons (Fsp3) is 0.656. The number of carbonyl (C=O) groups excluding carboxylic acids is 2. The Morgan fingerprint density at radius 1 is 1.00 bits per heavy atom. The van der Waals surface area contributed by atoms with Gasteiger partial charge in [0.25, 0.3) is 0 Å². The minimum atomic E-state index is -1.01. The highest BCUT2D eigenvalue weighted by Gasteiger charge is 2.51. The minimum Gasteiger partial charge on any atom is -0.481 e. The first-order valence-corrected chi connectivity index (χ1v) is 14.7. The Morgan fingerprint density at radius 2 is 1.68 bits per heavy atom. The molecule has 2 aliphatic carbocycles. The summed E-state index contributed by atoms with van der Waals surface area (Å²) in [4.78, 5) is 39.9. The highest BCUT2D eigenvalue weighted by molar-refractivity contribution is 5.86. The van der Waals surface area contributed by atoms with Crippen LogP contribution in [0.4, 0.5) is 0 Å². The normalized spacial score (nSPS) is 25.4. The summed E-state index contributed by atoms with van der Waals surface area (Å²) in [7, 11) is 0. The van der Waals surface area contributed by atoms with Gasteiger partial charge in [0.15, 0.2) is 5.79 Å². The maximum Gasteiger partial charge on any atom is 0.310 e. The summed E-state index contributed by atoms with van der Waals surface area (Å²) in [6.45, 7) is 7.59. The molecule has 2 saturated carbocycles. The molecule has 0 spiro atoms. The van der Waals surface area contributed by atoms with E-state index in [2.05, 4.69) is 16.7 Å². The topological polar surface area (TPSA) is 114 Å². The van der Waals surface area contributed by atoms with Crippen molar-refractivity contribution in [3.8, 4) is 0 Å². The molecule has 0 bridgehead atoms. The van der Waals surface area contributed by atoms with Gasteiger partial charge in [-0.15, -0.1) is 0 Å². The maximum absolute atomic E-state index is 13.9. The van der Waals surface area contributed by atoms with Crippen LogP contribution < -0.4 is 10.6 Å². The number of carbonyl (C=O) groups is 3. The average molecular weight is 555 g/mol. The average Bonchev–Trinajstić information content (AvgIpc) is 2.88. The van der Waals surface area contributed by atoms with Gasteiger partial charge in [0.05, 0.1) is 23.5 Å². The molecular weight excluding hydrogens is 508 g/mol. The predicted octanol–water partition coefficient (Wildman–Crippen LogP) is 5.07. The molecule has 3 fully saturated rings. The maximum atomic E-state index is 13.9. The predicted molar refractivity (Wildman–Crippen MR) is 153 cm³/mol. The number of aliphatic carboxylic acids is 1. The van der Waals surface area contributed by atoms with Crippen LogP contribution in [0.2, 0.25) is 0 Å². The summed E-state index contributed by atoms with van der Waals surface area (Å²) in [5.74, 6) is -3.29. The molecular formula is C32H46N2O6. The van der Waals surface area contributed by atoms with Crippen molar-refractivity contribution in [1.29, 1.82) is 0 Å². The van der Waals surface area contributed by atoms with Gasteiger partial charge in [0, 0.05) is 12.0 Å². The standard InChI is InChI=1S/C32H46N2O6/c1-29(2)22-39-30(3,4)40-25(29)26(35)33-21-24(27(36)37)32(19-9-6-10-20-32)34-28(38)31(17-12-18-31)16-11-15-23-13-7-5-8-14-23/h5,7-8,11,13-15,24-25H,6,9-10,12,16-22H2,1-4H3,(H,33,35)(H,34,38)(H,36,37)/b15-11+. The Morgan fingerprint density at radius 3 is 2.27 bits per heavy atom.